The first-order valence-electron chi connectivity index (χ1n) is 9.26. The van der Waals surface area contributed by atoms with Gasteiger partial charge in [0.25, 0.3) is 0 Å². The van der Waals surface area contributed by atoms with Gasteiger partial charge < -0.3 is 10.6 Å². The second-order valence-corrected chi connectivity index (χ2v) is 7.86. The molecule has 7 nitrogen and oxygen atoms in total. The molecule has 0 atom stereocenters. The van der Waals surface area contributed by atoms with E-state index in [0.717, 1.165) is 10.9 Å². The number of carbonyl (C=O) groups excluding carboxylic acids is 1. The summed E-state index contributed by atoms with van der Waals surface area (Å²) in [5.41, 5.74) is 1.55. The largest absolute Gasteiger partial charge is 0.338 e. The number of hydrogen-bond acceptors (Lipinski definition) is 5. The van der Waals surface area contributed by atoms with E-state index in [1.165, 1.54) is 0 Å². The molecule has 2 aromatic rings. The summed E-state index contributed by atoms with van der Waals surface area (Å²) in [6.45, 7) is 7.83. The highest BCUT2D eigenvalue weighted by Gasteiger charge is 2.25. The number of para-hydroxylation sites is 1. The van der Waals surface area contributed by atoms with Gasteiger partial charge in [-0.3, -0.25) is 17.5 Å². The highest BCUT2D eigenvalue weighted by molar-refractivity contribution is 8.21. The molecule has 150 valence electrons. The molecule has 1 aromatic heterocycles. The van der Waals surface area contributed by atoms with Gasteiger partial charge in [-0.25, -0.2) is 4.79 Å². The Labute approximate surface area is 162 Å². The molecule has 8 heteroatoms. The molecule has 0 radical (unpaired) electrons. The predicted octanol–water partition coefficient (Wildman–Crippen LogP) is 4.41. The van der Waals surface area contributed by atoms with Crippen molar-refractivity contribution in [3.05, 3.63) is 36.5 Å². The lowest BCUT2D eigenvalue weighted by molar-refractivity contribution is 0.185. The molecular formula is C19H29N3O4S. The van der Waals surface area contributed by atoms with Gasteiger partial charge in [0.1, 0.15) is 0 Å². The van der Waals surface area contributed by atoms with E-state index >= 15 is 0 Å². The fraction of sp³-hybridized carbons (Fsp3) is 0.474. The van der Waals surface area contributed by atoms with Gasteiger partial charge in [0, 0.05) is 17.7 Å². The SMILES string of the molecule is CCOS(CCCNC(=O)Nc1cnc2ccccc2c1)(OCC)OCC. The zero-order chi connectivity index (χ0) is 19.5. The monoisotopic (exact) mass is 395 g/mol. The summed E-state index contributed by atoms with van der Waals surface area (Å²) >= 11 is 0. The number of anilines is 1. The minimum atomic E-state index is -2.01. The van der Waals surface area contributed by atoms with Crippen molar-refractivity contribution >= 4 is 33.5 Å². The second kappa shape index (κ2) is 11.1. The Morgan fingerprint density at radius 2 is 1.74 bits per heavy atom. The minimum Gasteiger partial charge on any atom is -0.338 e. The van der Waals surface area contributed by atoms with Crippen molar-refractivity contribution in [1.82, 2.24) is 10.3 Å². The number of pyridine rings is 1. The Morgan fingerprint density at radius 3 is 2.41 bits per heavy atom. The Morgan fingerprint density at radius 1 is 1.07 bits per heavy atom. The number of urea groups is 1. The number of rotatable bonds is 11. The Kier molecular flexibility index (Phi) is 8.80. The van der Waals surface area contributed by atoms with E-state index in [-0.39, 0.29) is 6.03 Å². The zero-order valence-corrected chi connectivity index (χ0v) is 17.0. The van der Waals surface area contributed by atoms with Crippen LogP contribution in [0.4, 0.5) is 10.5 Å². The standard InChI is InChI=1S/C19H29N3O4S/c1-4-24-27(25-5-2,26-6-3)13-9-12-20-19(23)22-17-14-16-10-7-8-11-18(16)21-15-17/h7-8,10-11,14-15H,4-6,9,12-13H2,1-3H3,(H2,20,22,23). The number of carbonyl (C=O) groups is 1. The van der Waals surface area contributed by atoms with Crippen molar-refractivity contribution in [3.8, 4) is 0 Å². The maximum absolute atomic E-state index is 12.1. The van der Waals surface area contributed by atoms with E-state index in [0.29, 0.717) is 44.2 Å². The van der Waals surface area contributed by atoms with Crippen LogP contribution in [-0.4, -0.2) is 43.1 Å². The summed E-state index contributed by atoms with van der Waals surface area (Å²) in [6, 6.07) is 9.40. The van der Waals surface area contributed by atoms with Gasteiger partial charge in [0.2, 0.25) is 0 Å². The number of amides is 2. The van der Waals surface area contributed by atoms with Crippen molar-refractivity contribution < 1.29 is 17.3 Å². The fourth-order valence-electron chi connectivity index (χ4n) is 2.58. The molecule has 0 saturated carbocycles. The van der Waals surface area contributed by atoms with Crippen LogP contribution in [0.15, 0.2) is 36.5 Å². The molecule has 2 N–H and O–H groups in total. The number of aromatic nitrogens is 1. The summed E-state index contributed by atoms with van der Waals surface area (Å²) in [6.07, 6.45) is 2.34. The van der Waals surface area contributed by atoms with Gasteiger partial charge in [-0.15, -0.1) is 0 Å². The molecule has 0 unspecified atom stereocenters. The molecular weight excluding hydrogens is 366 g/mol. The molecule has 0 spiro atoms. The van der Waals surface area contributed by atoms with Crippen molar-refractivity contribution in [1.29, 1.82) is 0 Å². The first-order chi connectivity index (χ1) is 13.1. The third-order valence-electron chi connectivity index (χ3n) is 3.60. The Bertz CT molecular complexity index is 712. The van der Waals surface area contributed by atoms with E-state index < -0.39 is 10.9 Å². The third-order valence-corrected chi connectivity index (χ3v) is 6.17. The molecule has 1 aromatic carbocycles. The van der Waals surface area contributed by atoms with E-state index in [1.807, 2.05) is 51.1 Å². The predicted molar refractivity (Wildman–Crippen MR) is 111 cm³/mol. The Balaban J connectivity index is 1.81. The van der Waals surface area contributed by atoms with Crippen LogP contribution in [0, 0.1) is 0 Å². The minimum absolute atomic E-state index is 0.267. The van der Waals surface area contributed by atoms with Crippen molar-refractivity contribution in [3.63, 3.8) is 0 Å². The summed E-state index contributed by atoms with van der Waals surface area (Å²) < 4.78 is 17.3. The van der Waals surface area contributed by atoms with Crippen LogP contribution in [0.1, 0.15) is 27.2 Å². The van der Waals surface area contributed by atoms with Crippen LogP contribution in [0.25, 0.3) is 10.9 Å². The van der Waals surface area contributed by atoms with Crippen LogP contribution in [0.5, 0.6) is 0 Å². The van der Waals surface area contributed by atoms with Gasteiger partial charge in [0.05, 0.1) is 48.1 Å². The molecule has 0 aliphatic carbocycles. The molecule has 0 saturated heterocycles. The van der Waals surface area contributed by atoms with Crippen LogP contribution >= 0.6 is 10.9 Å². The topological polar surface area (TPSA) is 81.7 Å². The zero-order valence-electron chi connectivity index (χ0n) is 16.2. The number of nitrogens with zero attached hydrogens (tertiary/aromatic N) is 1. The average Bonchev–Trinajstić information content (AvgIpc) is 2.66. The molecule has 1 heterocycles. The molecule has 2 rings (SSSR count). The van der Waals surface area contributed by atoms with Gasteiger partial charge in [-0.2, -0.15) is 0 Å². The number of fused-ring (bicyclic) bond motifs is 1. The summed E-state index contributed by atoms with van der Waals surface area (Å²) in [5.74, 6) is 0.611. The second-order valence-electron chi connectivity index (χ2n) is 5.63. The van der Waals surface area contributed by atoms with Gasteiger partial charge >= 0.3 is 6.03 Å². The number of hydrogen-bond donors (Lipinski definition) is 2. The average molecular weight is 396 g/mol. The first kappa shape index (κ1) is 21.4. The lowest BCUT2D eigenvalue weighted by atomic mass is 10.2. The van der Waals surface area contributed by atoms with Crippen molar-refractivity contribution in [2.24, 2.45) is 0 Å². The molecule has 0 aliphatic rings. The van der Waals surface area contributed by atoms with E-state index in [4.69, 9.17) is 12.5 Å². The lowest BCUT2D eigenvalue weighted by Gasteiger charge is -2.36. The number of nitrogens with one attached hydrogen (secondary N) is 2. The van der Waals surface area contributed by atoms with Gasteiger partial charge in [-0.1, -0.05) is 18.2 Å². The van der Waals surface area contributed by atoms with Crippen molar-refractivity contribution in [2.45, 2.75) is 27.2 Å². The quantitative estimate of drug-likeness (QED) is 0.551. The summed E-state index contributed by atoms with van der Waals surface area (Å²) in [7, 11) is -2.01. The molecule has 0 aliphatic heterocycles. The summed E-state index contributed by atoms with van der Waals surface area (Å²) in [5, 5.41) is 6.64. The normalized spacial score (nSPS) is 12.1. The highest BCUT2D eigenvalue weighted by Crippen LogP contribution is 2.51. The number of benzene rings is 1. The van der Waals surface area contributed by atoms with Crippen LogP contribution in [0.3, 0.4) is 0 Å². The molecule has 2 amide bonds. The first-order valence-corrected chi connectivity index (χ1v) is 10.8. The van der Waals surface area contributed by atoms with E-state index in [1.54, 1.807) is 6.20 Å². The molecule has 0 bridgehead atoms. The summed E-state index contributed by atoms with van der Waals surface area (Å²) in [4.78, 5) is 16.4. The smallest absolute Gasteiger partial charge is 0.319 e. The van der Waals surface area contributed by atoms with Crippen molar-refractivity contribution in [2.75, 3.05) is 37.4 Å². The van der Waals surface area contributed by atoms with Crippen LogP contribution < -0.4 is 10.6 Å². The molecule has 27 heavy (non-hydrogen) atoms. The maximum Gasteiger partial charge on any atom is 0.319 e. The lowest BCUT2D eigenvalue weighted by Crippen LogP contribution is -2.30. The van der Waals surface area contributed by atoms with E-state index in [9.17, 15) is 4.79 Å². The maximum atomic E-state index is 12.1. The van der Waals surface area contributed by atoms with Gasteiger partial charge in [0.15, 0.2) is 0 Å². The van der Waals surface area contributed by atoms with E-state index in [2.05, 4.69) is 15.6 Å². The van der Waals surface area contributed by atoms with Gasteiger partial charge in [-0.05, 0) is 39.3 Å². The van der Waals surface area contributed by atoms with Crippen LogP contribution in [-0.2, 0) is 12.5 Å². The van der Waals surface area contributed by atoms with Crippen LogP contribution in [0.2, 0.25) is 0 Å². The fourth-order valence-corrected chi connectivity index (χ4v) is 4.72. The Hall–Kier alpha value is -1.87. The molecule has 0 fully saturated rings. The highest BCUT2D eigenvalue weighted by atomic mass is 32.3. The third kappa shape index (κ3) is 6.66.